The van der Waals surface area contributed by atoms with Gasteiger partial charge in [-0.05, 0) is 14.0 Å². The molecule has 66 valence electrons. The van der Waals surface area contributed by atoms with Gasteiger partial charge in [0.15, 0.2) is 0 Å². The van der Waals surface area contributed by atoms with Crippen LogP contribution in [0.4, 0.5) is 0 Å². The summed E-state index contributed by atoms with van der Waals surface area (Å²) >= 11 is 0. The van der Waals surface area contributed by atoms with Crippen LogP contribution in [0.1, 0.15) is 17.0 Å². The molecule has 0 saturated carbocycles. The lowest BCUT2D eigenvalue weighted by atomic mass is 10.1. The molecule has 0 aromatic carbocycles. The van der Waals surface area contributed by atoms with Gasteiger partial charge in [-0.15, -0.1) is 0 Å². The largest absolute Gasteiger partial charge is 0.323 e. The molecule has 2 N–H and O–H groups in total. The van der Waals surface area contributed by atoms with E-state index in [1.54, 1.807) is 0 Å². The summed E-state index contributed by atoms with van der Waals surface area (Å²) in [4.78, 5) is 3.81. The highest BCUT2D eigenvalue weighted by Crippen LogP contribution is 2.19. The van der Waals surface area contributed by atoms with Crippen LogP contribution in [0, 0.1) is 6.92 Å². The van der Waals surface area contributed by atoms with Crippen LogP contribution in [-0.2, 0) is 13.0 Å². The highest BCUT2D eigenvalue weighted by Gasteiger charge is 2.19. The molecule has 2 rings (SSSR count). The van der Waals surface area contributed by atoms with Crippen molar-refractivity contribution in [2.24, 2.45) is 0 Å². The summed E-state index contributed by atoms with van der Waals surface area (Å²) < 4.78 is 0. The molecule has 0 spiro atoms. The van der Waals surface area contributed by atoms with Crippen molar-refractivity contribution >= 4 is 0 Å². The zero-order valence-corrected chi connectivity index (χ0v) is 7.54. The van der Waals surface area contributed by atoms with E-state index in [1.165, 1.54) is 16.0 Å². The lowest BCUT2D eigenvalue weighted by Gasteiger charge is -2.22. The van der Waals surface area contributed by atoms with Crippen LogP contribution < -0.4 is 5.84 Å². The van der Waals surface area contributed by atoms with Gasteiger partial charge >= 0.3 is 0 Å². The van der Waals surface area contributed by atoms with Gasteiger partial charge in [-0.2, -0.15) is 9.89 Å². The van der Waals surface area contributed by atoms with Crippen molar-refractivity contribution in [3.05, 3.63) is 17.0 Å². The Morgan fingerprint density at radius 3 is 3.00 bits per heavy atom. The Labute approximate surface area is 71.9 Å². The third kappa shape index (κ3) is 0.992. The maximum Gasteiger partial charge on any atom is 0.0678 e. The van der Waals surface area contributed by atoms with Gasteiger partial charge in [-0.25, -0.2) is 0 Å². The third-order valence-electron chi connectivity index (χ3n) is 2.48. The zero-order chi connectivity index (χ0) is 8.72. The summed E-state index contributed by atoms with van der Waals surface area (Å²) in [5, 5.41) is 4.19. The van der Waals surface area contributed by atoms with Gasteiger partial charge in [-0.1, -0.05) is 0 Å². The van der Waals surface area contributed by atoms with Crippen LogP contribution in [0.5, 0.6) is 0 Å². The molecule has 0 bridgehead atoms. The van der Waals surface area contributed by atoms with Gasteiger partial charge < -0.3 is 10.7 Å². The first kappa shape index (κ1) is 7.61. The molecular weight excluding hydrogens is 152 g/mol. The first-order chi connectivity index (χ1) is 5.68. The fourth-order valence-electron chi connectivity index (χ4n) is 1.75. The van der Waals surface area contributed by atoms with E-state index in [0.29, 0.717) is 0 Å². The number of fused-ring (bicyclic) bond motifs is 1. The van der Waals surface area contributed by atoms with E-state index in [2.05, 4.69) is 17.0 Å². The minimum absolute atomic E-state index is 0.984. The monoisotopic (exact) mass is 166 g/mol. The molecule has 0 radical (unpaired) electrons. The normalized spacial score (nSPS) is 17.8. The summed E-state index contributed by atoms with van der Waals surface area (Å²) in [5.74, 6) is 5.69. The second kappa shape index (κ2) is 2.48. The SMILES string of the molecule is Cc1nn(N)c2c1CN(C)CC2. The fraction of sp³-hybridized carbons (Fsp3) is 0.625. The number of aryl methyl sites for hydroxylation is 1. The van der Waals surface area contributed by atoms with Gasteiger partial charge in [0.1, 0.15) is 0 Å². The van der Waals surface area contributed by atoms with Crippen molar-refractivity contribution in [2.75, 3.05) is 19.4 Å². The molecular formula is C8H14N4. The maximum absolute atomic E-state index is 5.69. The molecule has 2 heterocycles. The lowest BCUT2D eigenvalue weighted by Crippen LogP contribution is -2.28. The van der Waals surface area contributed by atoms with Gasteiger partial charge in [0.25, 0.3) is 0 Å². The number of hydrogen-bond donors (Lipinski definition) is 1. The number of likely N-dealkylation sites (N-methyl/N-ethyl adjacent to an activating group) is 1. The average molecular weight is 166 g/mol. The number of nitrogen functional groups attached to an aromatic ring is 1. The van der Waals surface area contributed by atoms with E-state index < -0.39 is 0 Å². The summed E-state index contributed by atoms with van der Waals surface area (Å²) in [7, 11) is 2.12. The van der Waals surface area contributed by atoms with E-state index >= 15 is 0 Å². The second-order valence-corrected chi connectivity index (χ2v) is 3.44. The Morgan fingerprint density at radius 1 is 1.50 bits per heavy atom. The van der Waals surface area contributed by atoms with Gasteiger partial charge in [0, 0.05) is 25.1 Å². The third-order valence-corrected chi connectivity index (χ3v) is 2.48. The quantitative estimate of drug-likeness (QED) is 0.547. The molecule has 12 heavy (non-hydrogen) atoms. The Kier molecular flexibility index (Phi) is 1.58. The number of nitrogens with zero attached hydrogens (tertiary/aromatic N) is 3. The van der Waals surface area contributed by atoms with E-state index in [-0.39, 0.29) is 0 Å². The van der Waals surface area contributed by atoms with Crippen LogP contribution in [0.3, 0.4) is 0 Å². The Morgan fingerprint density at radius 2 is 2.25 bits per heavy atom. The first-order valence-corrected chi connectivity index (χ1v) is 4.19. The van der Waals surface area contributed by atoms with Crippen LogP contribution in [0.15, 0.2) is 0 Å². The maximum atomic E-state index is 5.69. The molecule has 0 aliphatic carbocycles. The number of rotatable bonds is 0. The predicted molar refractivity (Wildman–Crippen MR) is 47.2 cm³/mol. The van der Waals surface area contributed by atoms with Crippen molar-refractivity contribution in [3.8, 4) is 0 Å². The molecule has 0 unspecified atom stereocenters. The number of aromatic nitrogens is 2. The lowest BCUT2D eigenvalue weighted by molar-refractivity contribution is 0.309. The molecule has 4 heteroatoms. The molecule has 0 atom stereocenters. The second-order valence-electron chi connectivity index (χ2n) is 3.44. The molecule has 1 aliphatic rings. The van der Waals surface area contributed by atoms with E-state index in [0.717, 1.165) is 25.2 Å². The Balaban J connectivity index is 2.45. The molecule has 0 amide bonds. The average Bonchev–Trinajstić information content (AvgIpc) is 2.28. The molecule has 0 fully saturated rings. The highest BCUT2D eigenvalue weighted by atomic mass is 15.5. The molecule has 1 aromatic heterocycles. The highest BCUT2D eigenvalue weighted by molar-refractivity contribution is 5.27. The van der Waals surface area contributed by atoms with Crippen molar-refractivity contribution < 1.29 is 0 Å². The van der Waals surface area contributed by atoms with Crippen molar-refractivity contribution in [1.82, 2.24) is 14.8 Å². The minimum atomic E-state index is 0.984. The Bertz CT molecular complexity index is 302. The Hall–Kier alpha value is -1.03. The van der Waals surface area contributed by atoms with Crippen molar-refractivity contribution in [2.45, 2.75) is 19.9 Å². The summed E-state index contributed by atoms with van der Waals surface area (Å²) in [5.41, 5.74) is 3.58. The van der Waals surface area contributed by atoms with Gasteiger partial charge in [-0.3, -0.25) is 0 Å². The smallest absolute Gasteiger partial charge is 0.0678 e. The first-order valence-electron chi connectivity index (χ1n) is 4.19. The topological polar surface area (TPSA) is 47.1 Å². The van der Waals surface area contributed by atoms with Crippen molar-refractivity contribution in [1.29, 1.82) is 0 Å². The summed E-state index contributed by atoms with van der Waals surface area (Å²) in [6, 6.07) is 0. The standard InChI is InChI=1S/C8H14N4/c1-6-7-5-11(2)4-3-8(7)12(9)10-6/h3-5,9H2,1-2H3. The van der Waals surface area contributed by atoms with Gasteiger partial charge in [0.2, 0.25) is 0 Å². The van der Waals surface area contributed by atoms with E-state index in [4.69, 9.17) is 5.84 Å². The molecule has 1 aliphatic heterocycles. The summed E-state index contributed by atoms with van der Waals surface area (Å²) in [6.45, 7) is 4.08. The zero-order valence-electron chi connectivity index (χ0n) is 7.54. The van der Waals surface area contributed by atoms with Crippen LogP contribution in [0.2, 0.25) is 0 Å². The van der Waals surface area contributed by atoms with E-state index in [1.807, 2.05) is 6.92 Å². The van der Waals surface area contributed by atoms with Crippen LogP contribution in [-0.4, -0.2) is 28.4 Å². The fourth-order valence-corrected chi connectivity index (χ4v) is 1.75. The van der Waals surface area contributed by atoms with Crippen LogP contribution >= 0.6 is 0 Å². The summed E-state index contributed by atoms with van der Waals surface area (Å²) in [6.07, 6.45) is 1.02. The van der Waals surface area contributed by atoms with Gasteiger partial charge in [0.05, 0.1) is 11.4 Å². The van der Waals surface area contributed by atoms with E-state index in [9.17, 15) is 0 Å². The molecule has 0 saturated heterocycles. The molecule has 4 nitrogen and oxygen atoms in total. The minimum Gasteiger partial charge on any atom is -0.323 e. The molecule has 1 aromatic rings. The van der Waals surface area contributed by atoms with Crippen molar-refractivity contribution in [3.63, 3.8) is 0 Å². The van der Waals surface area contributed by atoms with Crippen LogP contribution in [0.25, 0.3) is 0 Å². The number of hydrogen-bond acceptors (Lipinski definition) is 3. The predicted octanol–water partition coefficient (Wildman–Crippen LogP) is -0.107. The number of nitrogens with two attached hydrogens (primary N) is 1.